The predicted molar refractivity (Wildman–Crippen MR) is 83.1 cm³/mol. The first-order valence-corrected chi connectivity index (χ1v) is 6.89. The van der Waals surface area contributed by atoms with Gasteiger partial charge in [-0.1, -0.05) is 35.3 Å². The van der Waals surface area contributed by atoms with Gasteiger partial charge in [0.25, 0.3) is 5.91 Å². The summed E-state index contributed by atoms with van der Waals surface area (Å²) in [6, 6.07) is 9.13. The SMILES string of the molecule is CN(Cc1cccc(Cl)c1Cl)C(=O)c1ccc(N)cc1F. The molecule has 2 rings (SSSR count). The number of nitrogens with zero attached hydrogens (tertiary/aromatic N) is 1. The zero-order chi connectivity index (χ0) is 15.6. The lowest BCUT2D eigenvalue weighted by atomic mass is 10.1. The molecule has 1 amide bonds. The quantitative estimate of drug-likeness (QED) is 0.867. The van der Waals surface area contributed by atoms with Gasteiger partial charge in [0.15, 0.2) is 0 Å². The molecule has 0 fully saturated rings. The summed E-state index contributed by atoms with van der Waals surface area (Å²) in [7, 11) is 1.56. The van der Waals surface area contributed by atoms with Gasteiger partial charge in [0, 0.05) is 19.3 Å². The van der Waals surface area contributed by atoms with Gasteiger partial charge in [0.05, 0.1) is 15.6 Å². The van der Waals surface area contributed by atoms with Gasteiger partial charge in [-0.3, -0.25) is 4.79 Å². The van der Waals surface area contributed by atoms with Gasteiger partial charge in [0.2, 0.25) is 0 Å². The minimum Gasteiger partial charge on any atom is -0.399 e. The first-order valence-electron chi connectivity index (χ1n) is 6.13. The van der Waals surface area contributed by atoms with Crippen molar-refractivity contribution in [2.45, 2.75) is 6.54 Å². The van der Waals surface area contributed by atoms with Crippen molar-refractivity contribution in [2.24, 2.45) is 0 Å². The molecule has 21 heavy (non-hydrogen) atoms. The average molecular weight is 327 g/mol. The highest BCUT2D eigenvalue weighted by atomic mass is 35.5. The Balaban J connectivity index is 2.21. The Kier molecular flexibility index (Phi) is 4.70. The van der Waals surface area contributed by atoms with Crippen LogP contribution in [0.25, 0.3) is 0 Å². The molecule has 0 radical (unpaired) electrons. The lowest BCUT2D eigenvalue weighted by molar-refractivity contribution is 0.0780. The van der Waals surface area contributed by atoms with Crippen LogP contribution in [0.4, 0.5) is 10.1 Å². The highest BCUT2D eigenvalue weighted by molar-refractivity contribution is 6.42. The summed E-state index contributed by atoms with van der Waals surface area (Å²) in [6.07, 6.45) is 0. The van der Waals surface area contributed by atoms with Crippen LogP contribution in [-0.4, -0.2) is 17.9 Å². The van der Waals surface area contributed by atoms with E-state index in [1.807, 2.05) is 0 Å². The van der Waals surface area contributed by atoms with Gasteiger partial charge in [-0.25, -0.2) is 4.39 Å². The number of rotatable bonds is 3. The van der Waals surface area contributed by atoms with Crippen LogP contribution in [0.2, 0.25) is 10.0 Å². The van der Waals surface area contributed by atoms with E-state index in [1.165, 1.54) is 17.0 Å². The van der Waals surface area contributed by atoms with Crippen LogP contribution in [0.3, 0.4) is 0 Å². The minimum absolute atomic E-state index is 0.0372. The number of carbonyl (C=O) groups excluding carboxylic acids is 1. The van der Waals surface area contributed by atoms with E-state index in [0.717, 1.165) is 6.07 Å². The fourth-order valence-electron chi connectivity index (χ4n) is 1.91. The number of nitrogens with two attached hydrogens (primary N) is 1. The van der Waals surface area contributed by atoms with Crippen LogP contribution in [0, 0.1) is 5.82 Å². The van der Waals surface area contributed by atoms with Crippen LogP contribution in [0.15, 0.2) is 36.4 Å². The summed E-state index contributed by atoms with van der Waals surface area (Å²) >= 11 is 12.0. The molecule has 110 valence electrons. The average Bonchev–Trinajstić information content (AvgIpc) is 2.43. The Labute approximate surface area is 132 Å². The third kappa shape index (κ3) is 3.46. The molecular weight excluding hydrogens is 314 g/mol. The van der Waals surface area contributed by atoms with Crippen molar-refractivity contribution in [3.05, 3.63) is 63.4 Å². The summed E-state index contributed by atoms with van der Waals surface area (Å²) in [5.41, 5.74) is 6.39. The molecular formula is C15H13Cl2FN2O. The molecule has 0 aromatic heterocycles. The summed E-state index contributed by atoms with van der Waals surface area (Å²) in [5.74, 6) is -1.10. The largest absolute Gasteiger partial charge is 0.399 e. The van der Waals surface area contributed by atoms with Crippen LogP contribution in [0.5, 0.6) is 0 Å². The Morgan fingerprint density at radius 2 is 2.00 bits per heavy atom. The molecule has 2 aromatic carbocycles. The van der Waals surface area contributed by atoms with E-state index in [1.54, 1.807) is 25.2 Å². The molecule has 0 atom stereocenters. The second-order valence-corrected chi connectivity index (χ2v) is 5.40. The molecule has 0 saturated heterocycles. The van der Waals surface area contributed by atoms with Crippen molar-refractivity contribution >= 4 is 34.8 Å². The van der Waals surface area contributed by atoms with Crippen LogP contribution < -0.4 is 5.73 Å². The molecule has 0 bridgehead atoms. The van der Waals surface area contributed by atoms with Crippen LogP contribution >= 0.6 is 23.2 Å². The Morgan fingerprint density at radius 1 is 1.29 bits per heavy atom. The van der Waals surface area contributed by atoms with Gasteiger partial charge in [-0.2, -0.15) is 0 Å². The normalized spacial score (nSPS) is 10.5. The van der Waals surface area contributed by atoms with Crippen molar-refractivity contribution in [3.8, 4) is 0 Å². The van der Waals surface area contributed by atoms with Crippen molar-refractivity contribution in [3.63, 3.8) is 0 Å². The minimum atomic E-state index is -0.649. The summed E-state index contributed by atoms with van der Waals surface area (Å²) in [5, 5.41) is 0.797. The first kappa shape index (κ1) is 15.6. The van der Waals surface area contributed by atoms with Gasteiger partial charge in [-0.15, -0.1) is 0 Å². The topological polar surface area (TPSA) is 46.3 Å². The number of hydrogen-bond donors (Lipinski definition) is 1. The van der Waals surface area contributed by atoms with Gasteiger partial charge in [-0.05, 0) is 29.8 Å². The molecule has 0 heterocycles. The standard InChI is InChI=1S/C15H13Cl2FN2O/c1-20(8-9-3-2-4-12(16)14(9)17)15(21)11-6-5-10(19)7-13(11)18/h2-7H,8,19H2,1H3. The fraction of sp³-hybridized carbons (Fsp3) is 0.133. The number of anilines is 1. The maximum absolute atomic E-state index is 13.8. The van der Waals surface area contributed by atoms with E-state index < -0.39 is 11.7 Å². The lowest BCUT2D eigenvalue weighted by Gasteiger charge is -2.19. The zero-order valence-electron chi connectivity index (χ0n) is 11.2. The maximum Gasteiger partial charge on any atom is 0.256 e. The fourth-order valence-corrected chi connectivity index (χ4v) is 2.29. The summed E-state index contributed by atoms with van der Waals surface area (Å²) in [6.45, 7) is 0.224. The van der Waals surface area contributed by atoms with Crippen molar-refractivity contribution in [1.29, 1.82) is 0 Å². The molecule has 3 nitrogen and oxygen atoms in total. The van der Waals surface area contributed by atoms with E-state index in [4.69, 9.17) is 28.9 Å². The molecule has 0 unspecified atom stereocenters. The van der Waals surface area contributed by atoms with Crippen LogP contribution in [-0.2, 0) is 6.54 Å². The molecule has 0 spiro atoms. The smallest absolute Gasteiger partial charge is 0.256 e. The first-order chi connectivity index (χ1) is 9.90. The Morgan fingerprint density at radius 3 is 2.67 bits per heavy atom. The van der Waals surface area contributed by atoms with E-state index in [2.05, 4.69) is 0 Å². The Bertz CT molecular complexity index is 691. The number of nitrogen functional groups attached to an aromatic ring is 1. The summed E-state index contributed by atoms with van der Waals surface area (Å²) in [4.78, 5) is 13.6. The number of amides is 1. The zero-order valence-corrected chi connectivity index (χ0v) is 12.7. The number of hydrogen-bond acceptors (Lipinski definition) is 2. The molecule has 6 heteroatoms. The van der Waals surface area contributed by atoms with E-state index in [-0.39, 0.29) is 17.8 Å². The van der Waals surface area contributed by atoms with E-state index in [9.17, 15) is 9.18 Å². The van der Waals surface area contributed by atoms with E-state index in [0.29, 0.717) is 15.6 Å². The molecule has 2 N–H and O–H groups in total. The Hall–Kier alpha value is -1.78. The second-order valence-electron chi connectivity index (χ2n) is 4.61. The van der Waals surface area contributed by atoms with Gasteiger partial charge >= 0.3 is 0 Å². The van der Waals surface area contributed by atoms with Crippen molar-refractivity contribution in [1.82, 2.24) is 4.90 Å². The molecule has 0 aliphatic rings. The highest BCUT2D eigenvalue weighted by Crippen LogP contribution is 2.26. The third-order valence-corrected chi connectivity index (χ3v) is 3.87. The van der Waals surface area contributed by atoms with Crippen molar-refractivity contribution in [2.75, 3.05) is 12.8 Å². The van der Waals surface area contributed by atoms with Gasteiger partial charge in [0.1, 0.15) is 5.82 Å². The third-order valence-electron chi connectivity index (χ3n) is 3.01. The molecule has 0 aliphatic carbocycles. The van der Waals surface area contributed by atoms with Crippen LogP contribution in [0.1, 0.15) is 15.9 Å². The number of benzene rings is 2. The van der Waals surface area contributed by atoms with Gasteiger partial charge < -0.3 is 10.6 Å². The molecule has 2 aromatic rings. The highest BCUT2D eigenvalue weighted by Gasteiger charge is 2.17. The monoisotopic (exact) mass is 326 g/mol. The van der Waals surface area contributed by atoms with E-state index >= 15 is 0 Å². The van der Waals surface area contributed by atoms with Crippen molar-refractivity contribution < 1.29 is 9.18 Å². The second kappa shape index (κ2) is 6.33. The maximum atomic E-state index is 13.8. The molecule has 0 saturated carbocycles. The molecule has 0 aliphatic heterocycles. The number of carbonyl (C=O) groups is 1. The lowest BCUT2D eigenvalue weighted by Crippen LogP contribution is -2.27. The predicted octanol–water partition coefficient (Wildman–Crippen LogP) is 3.99. The summed E-state index contributed by atoms with van der Waals surface area (Å²) < 4.78 is 13.8. The number of halogens is 3.